The highest BCUT2D eigenvalue weighted by Gasteiger charge is 2.42. The van der Waals surface area contributed by atoms with Gasteiger partial charge in [0.15, 0.2) is 0 Å². The first-order valence-electron chi connectivity index (χ1n) is 5.68. The SMILES string of the molecule is CC1CCC2(Cc3ccccc3O2)OC1. The van der Waals surface area contributed by atoms with Gasteiger partial charge in [0.25, 0.3) is 0 Å². The fourth-order valence-corrected chi connectivity index (χ4v) is 2.41. The van der Waals surface area contributed by atoms with Gasteiger partial charge >= 0.3 is 0 Å². The van der Waals surface area contributed by atoms with Crippen molar-refractivity contribution in [2.45, 2.75) is 32.0 Å². The minimum Gasteiger partial charge on any atom is -0.462 e. The maximum Gasteiger partial charge on any atom is 0.214 e. The third-order valence-corrected chi connectivity index (χ3v) is 3.38. The zero-order valence-corrected chi connectivity index (χ0v) is 9.03. The summed E-state index contributed by atoms with van der Waals surface area (Å²) in [5.41, 5.74) is 1.28. The Morgan fingerprint density at radius 3 is 2.93 bits per heavy atom. The number of hydrogen-bond acceptors (Lipinski definition) is 2. The van der Waals surface area contributed by atoms with Crippen LogP contribution in [0.15, 0.2) is 24.3 Å². The normalized spacial score (nSPS) is 33.8. The van der Waals surface area contributed by atoms with Gasteiger partial charge in [-0.25, -0.2) is 0 Å². The number of ether oxygens (including phenoxy) is 2. The fourth-order valence-electron chi connectivity index (χ4n) is 2.41. The van der Waals surface area contributed by atoms with Crippen molar-refractivity contribution < 1.29 is 9.47 Å². The zero-order valence-electron chi connectivity index (χ0n) is 9.03. The predicted octanol–water partition coefficient (Wildman–Crippen LogP) is 2.76. The van der Waals surface area contributed by atoms with E-state index in [2.05, 4.69) is 19.1 Å². The third-order valence-electron chi connectivity index (χ3n) is 3.38. The van der Waals surface area contributed by atoms with Gasteiger partial charge in [0.2, 0.25) is 5.79 Å². The molecule has 2 unspecified atom stereocenters. The molecular weight excluding hydrogens is 188 g/mol. The van der Waals surface area contributed by atoms with Gasteiger partial charge < -0.3 is 9.47 Å². The summed E-state index contributed by atoms with van der Waals surface area (Å²) in [7, 11) is 0. The molecule has 1 aromatic rings. The van der Waals surface area contributed by atoms with Crippen LogP contribution >= 0.6 is 0 Å². The van der Waals surface area contributed by atoms with Crippen LogP contribution in [0.25, 0.3) is 0 Å². The molecule has 2 heteroatoms. The average Bonchev–Trinajstić information content (AvgIpc) is 2.61. The molecule has 1 saturated heterocycles. The van der Waals surface area contributed by atoms with E-state index in [1.54, 1.807) is 0 Å². The number of para-hydroxylation sites is 1. The molecule has 2 nitrogen and oxygen atoms in total. The molecule has 0 bridgehead atoms. The first-order valence-corrected chi connectivity index (χ1v) is 5.68. The van der Waals surface area contributed by atoms with Gasteiger partial charge in [0, 0.05) is 18.4 Å². The maximum atomic E-state index is 5.96. The standard InChI is InChI=1S/C13H16O2/c1-10-6-7-13(14-9-10)8-11-4-2-3-5-12(11)15-13/h2-5,10H,6-9H2,1H3. The quantitative estimate of drug-likeness (QED) is 0.647. The van der Waals surface area contributed by atoms with Crippen LogP contribution in [0.4, 0.5) is 0 Å². The Hall–Kier alpha value is -1.02. The van der Waals surface area contributed by atoms with E-state index in [0.29, 0.717) is 5.92 Å². The Kier molecular flexibility index (Phi) is 1.99. The molecule has 0 radical (unpaired) electrons. The summed E-state index contributed by atoms with van der Waals surface area (Å²) in [5.74, 6) is 1.34. The molecule has 2 aliphatic rings. The highest BCUT2D eigenvalue weighted by molar-refractivity contribution is 5.38. The van der Waals surface area contributed by atoms with Crippen molar-refractivity contribution in [2.24, 2.45) is 5.92 Å². The van der Waals surface area contributed by atoms with E-state index in [9.17, 15) is 0 Å². The van der Waals surface area contributed by atoms with Crippen molar-refractivity contribution in [2.75, 3.05) is 6.61 Å². The lowest BCUT2D eigenvalue weighted by Crippen LogP contribution is -2.42. The molecule has 1 fully saturated rings. The first-order chi connectivity index (χ1) is 7.27. The molecule has 2 heterocycles. The van der Waals surface area contributed by atoms with Crippen molar-refractivity contribution >= 4 is 0 Å². The number of fused-ring (bicyclic) bond motifs is 1. The molecule has 0 aromatic heterocycles. The molecule has 3 rings (SSSR count). The van der Waals surface area contributed by atoms with Crippen LogP contribution in [0, 0.1) is 5.92 Å². The van der Waals surface area contributed by atoms with Gasteiger partial charge in [-0.15, -0.1) is 0 Å². The van der Waals surface area contributed by atoms with Gasteiger partial charge in [-0.3, -0.25) is 0 Å². The Bertz CT molecular complexity index is 338. The summed E-state index contributed by atoms with van der Waals surface area (Å²) >= 11 is 0. The Balaban J connectivity index is 1.83. The van der Waals surface area contributed by atoms with E-state index < -0.39 is 0 Å². The zero-order chi connectivity index (χ0) is 10.3. The Morgan fingerprint density at radius 1 is 1.33 bits per heavy atom. The molecule has 15 heavy (non-hydrogen) atoms. The smallest absolute Gasteiger partial charge is 0.214 e. The largest absolute Gasteiger partial charge is 0.462 e. The van der Waals surface area contributed by atoms with Gasteiger partial charge in [-0.1, -0.05) is 25.1 Å². The molecule has 0 amide bonds. The van der Waals surface area contributed by atoms with Crippen molar-refractivity contribution in [1.82, 2.24) is 0 Å². The summed E-state index contributed by atoms with van der Waals surface area (Å²) in [5, 5.41) is 0. The van der Waals surface area contributed by atoms with Crippen LogP contribution < -0.4 is 4.74 Å². The van der Waals surface area contributed by atoms with E-state index in [-0.39, 0.29) is 5.79 Å². The summed E-state index contributed by atoms with van der Waals surface area (Å²) in [6.45, 7) is 3.06. The van der Waals surface area contributed by atoms with Crippen molar-refractivity contribution in [3.63, 3.8) is 0 Å². The average molecular weight is 204 g/mol. The van der Waals surface area contributed by atoms with Crippen molar-refractivity contribution in [1.29, 1.82) is 0 Å². The minimum absolute atomic E-state index is 0.337. The van der Waals surface area contributed by atoms with Crippen molar-refractivity contribution in [3.05, 3.63) is 29.8 Å². The molecular formula is C13H16O2. The molecule has 0 N–H and O–H groups in total. The minimum atomic E-state index is -0.337. The summed E-state index contributed by atoms with van der Waals surface area (Å²) in [6.07, 6.45) is 3.13. The molecule has 2 atom stereocenters. The van der Waals surface area contributed by atoms with Gasteiger partial charge in [0.1, 0.15) is 5.75 Å². The highest BCUT2D eigenvalue weighted by atomic mass is 16.7. The third kappa shape index (κ3) is 1.53. The molecule has 1 aromatic carbocycles. The Labute approximate surface area is 90.2 Å². The first kappa shape index (κ1) is 9.22. The fraction of sp³-hybridized carbons (Fsp3) is 0.538. The van der Waals surface area contributed by atoms with Gasteiger partial charge in [-0.2, -0.15) is 0 Å². The maximum absolute atomic E-state index is 5.96. The second-order valence-corrected chi connectivity index (χ2v) is 4.75. The van der Waals surface area contributed by atoms with E-state index in [4.69, 9.17) is 9.47 Å². The summed E-state index contributed by atoms with van der Waals surface area (Å²) in [4.78, 5) is 0. The summed E-state index contributed by atoms with van der Waals surface area (Å²) in [6, 6.07) is 8.24. The van der Waals surface area contributed by atoms with Crippen LogP contribution in [-0.4, -0.2) is 12.4 Å². The van der Waals surface area contributed by atoms with E-state index in [0.717, 1.165) is 25.2 Å². The number of hydrogen-bond donors (Lipinski definition) is 0. The van der Waals surface area contributed by atoms with E-state index >= 15 is 0 Å². The lowest BCUT2D eigenvalue weighted by Gasteiger charge is -2.35. The number of rotatable bonds is 0. The molecule has 1 spiro atoms. The lowest BCUT2D eigenvalue weighted by atomic mass is 9.95. The summed E-state index contributed by atoms with van der Waals surface area (Å²) < 4.78 is 11.9. The molecule has 2 aliphatic heterocycles. The van der Waals surface area contributed by atoms with Crippen LogP contribution in [0.5, 0.6) is 5.75 Å². The topological polar surface area (TPSA) is 18.5 Å². The monoisotopic (exact) mass is 204 g/mol. The van der Waals surface area contributed by atoms with Gasteiger partial charge in [0.05, 0.1) is 6.61 Å². The number of benzene rings is 1. The predicted molar refractivity (Wildman–Crippen MR) is 57.9 cm³/mol. The van der Waals surface area contributed by atoms with Crippen LogP contribution in [0.3, 0.4) is 0 Å². The Morgan fingerprint density at radius 2 is 2.20 bits per heavy atom. The van der Waals surface area contributed by atoms with Crippen LogP contribution in [0.2, 0.25) is 0 Å². The molecule has 0 saturated carbocycles. The second kappa shape index (κ2) is 3.24. The van der Waals surface area contributed by atoms with Gasteiger partial charge in [-0.05, 0) is 18.4 Å². The van der Waals surface area contributed by atoms with Crippen LogP contribution in [-0.2, 0) is 11.2 Å². The second-order valence-electron chi connectivity index (χ2n) is 4.75. The van der Waals surface area contributed by atoms with E-state index in [1.165, 1.54) is 12.0 Å². The molecule has 80 valence electrons. The van der Waals surface area contributed by atoms with Crippen LogP contribution in [0.1, 0.15) is 25.3 Å². The lowest BCUT2D eigenvalue weighted by molar-refractivity contribution is -0.204. The highest BCUT2D eigenvalue weighted by Crippen LogP contribution is 2.41. The molecule has 0 aliphatic carbocycles. The van der Waals surface area contributed by atoms with Crippen molar-refractivity contribution in [3.8, 4) is 5.75 Å². The van der Waals surface area contributed by atoms with E-state index in [1.807, 2.05) is 12.1 Å².